The summed E-state index contributed by atoms with van der Waals surface area (Å²) < 4.78 is 25.0. The third kappa shape index (κ3) is 5.25. The van der Waals surface area contributed by atoms with E-state index in [0.717, 1.165) is 31.0 Å². The van der Waals surface area contributed by atoms with Crippen molar-refractivity contribution in [2.45, 2.75) is 25.8 Å². The molecule has 1 aliphatic rings. The van der Waals surface area contributed by atoms with Gasteiger partial charge in [-0.15, -0.1) is 0 Å². The highest BCUT2D eigenvalue weighted by molar-refractivity contribution is 7.88. The Bertz CT molecular complexity index is 577. The maximum absolute atomic E-state index is 11.2. The summed E-state index contributed by atoms with van der Waals surface area (Å²) in [5.74, 6) is 0.370. The van der Waals surface area contributed by atoms with Gasteiger partial charge < -0.3 is 0 Å². The Balaban J connectivity index is 1.97. The predicted octanol–water partition coefficient (Wildman–Crippen LogP) is 2.66. The van der Waals surface area contributed by atoms with Gasteiger partial charge in [-0.2, -0.15) is 0 Å². The van der Waals surface area contributed by atoms with Crippen LogP contribution in [0.2, 0.25) is 5.02 Å². The number of sulfonamides is 1. The number of hydrogen-bond donors (Lipinski definition) is 1. The zero-order chi connectivity index (χ0) is 15.5. The second-order valence-corrected chi connectivity index (χ2v) is 8.12. The smallest absolute Gasteiger partial charge is 0.208 e. The molecule has 21 heavy (non-hydrogen) atoms. The SMILES string of the molecule is C[C@H](c1cccc(Cl)c1)N1CCC[C@H](CNS(C)(=O)=O)C1. The maximum atomic E-state index is 11.2. The van der Waals surface area contributed by atoms with Crippen LogP contribution in [0.4, 0.5) is 0 Å². The number of piperidine rings is 1. The zero-order valence-electron chi connectivity index (χ0n) is 12.5. The molecule has 0 radical (unpaired) electrons. The Kier molecular flexibility index (Phi) is 5.66. The normalized spacial score (nSPS) is 22.1. The molecule has 1 saturated heterocycles. The van der Waals surface area contributed by atoms with Gasteiger partial charge in [0.15, 0.2) is 0 Å². The van der Waals surface area contributed by atoms with Crippen molar-refractivity contribution < 1.29 is 8.42 Å². The van der Waals surface area contributed by atoms with E-state index in [1.165, 1.54) is 11.8 Å². The minimum atomic E-state index is -3.10. The summed E-state index contributed by atoms with van der Waals surface area (Å²) >= 11 is 6.06. The summed E-state index contributed by atoms with van der Waals surface area (Å²) in [6.45, 7) is 4.66. The van der Waals surface area contributed by atoms with E-state index in [4.69, 9.17) is 11.6 Å². The summed E-state index contributed by atoms with van der Waals surface area (Å²) in [5.41, 5.74) is 1.21. The predicted molar refractivity (Wildman–Crippen MR) is 87.0 cm³/mol. The number of likely N-dealkylation sites (tertiary alicyclic amines) is 1. The first kappa shape index (κ1) is 16.7. The van der Waals surface area contributed by atoms with Crippen molar-refractivity contribution >= 4 is 21.6 Å². The van der Waals surface area contributed by atoms with E-state index in [-0.39, 0.29) is 0 Å². The largest absolute Gasteiger partial charge is 0.296 e. The average Bonchev–Trinajstić information content (AvgIpc) is 2.44. The molecule has 4 nitrogen and oxygen atoms in total. The molecule has 0 amide bonds. The van der Waals surface area contributed by atoms with E-state index in [2.05, 4.69) is 22.6 Å². The van der Waals surface area contributed by atoms with Crippen LogP contribution in [0.5, 0.6) is 0 Å². The fourth-order valence-corrected chi connectivity index (χ4v) is 3.60. The van der Waals surface area contributed by atoms with Gasteiger partial charge in [0.25, 0.3) is 0 Å². The lowest BCUT2D eigenvalue weighted by molar-refractivity contribution is 0.133. The molecule has 0 bridgehead atoms. The highest BCUT2D eigenvalue weighted by Gasteiger charge is 2.24. The molecule has 0 spiro atoms. The van der Waals surface area contributed by atoms with Crippen LogP contribution in [0.1, 0.15) is 31.4 Å². The monoisotopic (exact) mass is 330 g/mol. The van der Waals surface area contributed by atoms with Crippen molar-refractivity contribution in [3.8, 4) is 0 Å². The second kappa shape index (κ2) is 7.09. The van der Waals surface area contributed by atoms with Gasteiger partial charge in [-0.3, -0.25) is 4.90 Å². The summed E-state index contributed by atoms with van der Waals surface area (Å²) in [4.78, 5) is 2.41. The number of halogens is 1. The van der Waals surface area contributed by atoms with Gasteiger partial charge in [-0.1, -0.05) is 23.7 Å². The van der Waals surface area contributed by atoms with Crippen LogP contribution in [0.3, 0.4) is 0 Å². The van der Waals surface area contributed by atoms with E-state index in [1.54, 1.807) is 0 Å². The Labute approximate surface area is 132 Å². The van der Waals surface area contributed by atoms with Gasteiger partial charge in [0, 0.05) is 24.2 Å². The van der Waals surface area contributed by atoms with Crippen LogP contribution in [0, 0.1) is 5.92 Å². The molecule has 0 unspecified atom stereocenters. The molecule has 0 saturated carbocycles. The number of rotatable bonds is 5. The molecule has 2 atom stereocenters. The van der Waals surface area contributed by atoms with Crippen molar-refractivity contribution in [1.82, 2.24) is 9.62 Å². The molecule has 1 fully saturated rings. The number of hydrogen-bond acceptors (Lipinski definition) is 3. The van der Waals surface area contributed by atoms with Gasteiger partial charge in [0.05, 0.1) is 6.26 Å². The van der Waals surface area contributed by atoms with Crippen molar-refractivity contribution in [3.05, 3.63) is 34.9 Å². The van der Waals surface area contributed by atoms with Gasteiger partial charge >= 0.3 is 0 Å². The lowest BCUT2D eigenvalue weighted by Gasteiger charge is -2.37. The first-order chi connectivity index (χ1) is 9.85. The first-order valence-electron chi connectivity index (χ1n) is 7.29. The van der Waals surface area contributed by atoms with Gasteiger partial charge in [-0.05, 0) is 49.9 Å². The van der Waals surface area contributed by atoms with Crippen LogP contribution in [-0.2, 0) is 10.0 Å². The lowest BCUT2D eigenvalue weighted by Crippen LogP contribution is -2.41. The van der Waals surface area contributed by atoms with Gasteiger partial charge in [-0.25, -0.2) is 13.1 Å². The van der Waals surface area contributed by atoms with Gasteiger partial charge in [0.2, 0.25) is 10.0 Å². The lowest BCUT2D eigenvalue weighted by atomic mass is 9.95. The molecule has 6 heteroatoms. The van der Waals surface area contributed by atoms with E-state index >= 15 is 0 Å². The third-order valence-corrected chi connectivity index (χ3v) is 4.99. The Morgan fingerprint density at radius 1 is 1.48 bits per heavy atom. The Morgan fingerprint density at radius 2 is 2.24 bits per heavy atom. The molecule has 118 valence electrons. The summed E-state index contributed by atoms with van der Waals surface area (Å²) in [6.07, 6.45) is 3.38. The molecule has 1 N–H and O–H groups in total. The third-order valence-electron chi connectivity index (χ3n) is 4.06. The summed E-state index contributed by atoms with van der Waals surface area (Å²) in [6, 6.07) is 8.25. The van der Waals surface area contributed by atoms with Crippen LogP contribution in [0.15, 0.2) is 24.3 Å². The van der Waals surface area contributed by atoms with E-state index in [0.29, 0.717) is 18.5 Å². The van der Waals surface area contributed by atoms with Crippen LogP contribution < -0.4 is 4.72 Å². The highest BCUT2D eigenvalue weighted by Crippen LogP contribution is 2.27. The molecular weight excluding hydrogens is 308 g/mol. The molecular formula is C15H23ClN2O2S. The molecule has 2 rings (SSSR count). The fraction of sp³-hybridized carbons (Fsp3) is 0.600. The Hall–Kier alpha value is -0.620. The molecule has 0 aliphatic carbocycles. The molecule has 0 aromatic heterocycles. The van der Waals surface area contributed by atoms with Crippen LogP contribution in [-0.4, -0.2) is 39.2 Å². The quantitative estimate of drug-likeness (QED) is 0.903. The van der Waals surface area contributed by atoms with Gasteiger partial charge in [0.1, 0.15) is 0 Å². The second-order valence-electron chi connectivity index (χ2n) is 5.85. The number of nitrogens with zero attached hydrogens (tertiary/aromatic N) is 1. The van der Waals surface area contributed by atoms with E-state index in [1.807, 2.05) is 18.2 Å². The van der Waals surface area contributed by atoms with Crippen molar-refractivity contribution in [3.63, 3.8) is 0 Å². The van der Waals surface area contributed by atoms with E-state index in [9.17, 15) is 8.42 Å². The Morgan fingerprint density at radius 3 is 2.90 bits per heavy atom. The van der Waals surface area contributed by atoms with E-state index < -0.39 is 10.0 Å². The zero-order valence-corrected chi connectivity index (χ0v) is 14.1. The number of benzene rings is 1. The minimum Gasteiger partial charge on any atom is -0.296 e. The minimum absolute atomic E-state index is 0.296. The molecule has 1 aromatic carbocycles. The fourth-order valence-electron chi connectivity index (χ4n) is 2.86. The van der Waals surface area contributed by atoms with Crippen molar-refractivity contribution in [2.75, 3.05) is 25.9 Å². The maximum Gasteiger partial charge on any atom is 0.208 e. The average molecular weight is 331 g/mol. The van der Waals surface area contributed by atoms with Crippen molar-refractivity contribution in [1.29, 1.82) is 0 Å². The molecule has 1 heterocycles. The standard InChI is InChI=1S/C15H23ClN2O2S/c1-12(14-6-3-7-15(16)9-14)18-8-4-5-13(11-18)10-17-21(2,19)20/h3,6-7,9,12-13,17H,4-5,8,10-11H2,1-2H3/t12-,13-/m1/s1. The molecule has 1 aliphatic heterocycles. The topological polar surface area (TPSA) is 49.4 Å². The highest BCUT2D eigenvalue weighted by atomic mass is 35.5. The summed E-state index contributed by atoms with van der Waals surface area (Å²) in [7, 11) is -3.10. The van der Waals surface area contributed by atoms with Crippen molar-refractivity contribution in [2.24, 2.45) is 5.92 Å². The summed E-state index contributed by atoms with van der Waals surface area (Å²) in [5, 5.41) is 0.756. The first-order valence-corrected chi connectivity index (χ1v) is 9.56. The molecule has 1 aromatic rings. The number of nitrogens with one attached hydrogen (secondary N) is 1. The van der Waals surface area contributed by atoms with Crippen LogP contribution in [0.25, 0.3) is 0 Å². The van der Waals surface area contributed by atoms with Crippen LogP contribution >= 0.6 is 11.6 Å².